The maximum Gasteiger partial charge on any atom is 0.165 e. The van der Waals surface area contributed by atoms with E-state index in [1.54, 1.807) is 22.0 Å². The van der Waals surface area contributed by atoms with Gasteiger partial charge in [0.2, 0.25) is 0 Å². The van der Waals surface area contributed by atoms with Gasteiger partial charge in [-0.2, -0.15) is 5.10 Å². The zero-order valence-corrected chi connectivity index (χ0v) is 22.5. The molecule has 0 spiro atoms. The molecule has 5 rings (SSSR count). The zero-order valence-electron chi connectivity index (χ0n) is 21.7. The number of hydrogen-bond acceptors (Lipinski definition) is 8. The second kappa shape index (κ2) is 11.1. The molecule has 1 N–H and O–H groups in total. The van der Waals surface area contributed by atoms with E-state index >= 15 is 0 Å². The van der Waals surface area contributed by atoms with Crippen LogP contribution in [0.25, 0.3) is 27.5 Å². The van der Waals surface area contributed by atoms with E-state index in [0.717, 1.165) is 35.6 Å². The number of β-amino-alcohol motifs (C(OH)–C–C–N with tert-alkyl or cyclic N) is 1. The molecule has 0 unspecified atom stereocenters. The number of rotatable bonds is 10. The van der Waals surface area contributed by atoms with Crippen LogP contribution in [0.4, 0.5) is 5.82 Å². The Balaban J connectivity index is 1.51. The molecule has 0 aromatic carbocycles. The molecular weight excluding hydrogens is 484 g/mol. The van der Waals surface area contributed by atoms with Crippen LogP contribution in [0.3, 0.4) is 0 Å². The van der Waals surface area contributed by atoms with Crippen LogP contribution in [0, 0.1) is 0 Å². The SMILES string of the molecule is CCN(CC)[C@@H](C)CCC(=O)c1cc(-c2cnn3ccc(-c4cccs4)nc23)nc(N2CC[C@@H](O)C2)c1. The first kappa shape index (κ1) is 25.5. The van der Waals surface area contributed by atoms with Crippen LogP contribution in [-0.2, 0) is 0 Å². The molecule has 2 atom stereocenters. The number of nitrogens with zero attached hydrogens (tertiary/aromatic N) is 6. The molecule has 5 heterocycles. The van der Waals surface area contributed by atoms with Crippen molar-refractivity contribution in [1.29, 1.82) is 0 Å². The van der Waals surface area contributed by atoms with Crippen LogP contribution in [0.1, 0.15) is 50.4 Å². The smallest absolute Gasteiger partial charge is 0.165 e. The van der Waals surface area contributed by atoms with E-state index in [4.69, 9.17) is 9.97 Å². The number of carbonyl (C=O) groups excluding carboxylic acids is 1. The molecule has 1 saturated heterocycles. The predicted octanol–water partition coefficient (Wildman–Crippen LogP) is 4.78. The molecule has 4 aromatic rings. The van der Waals surface area contributed by atoms with E-state index < -0.39 is 0 Å². The van der Waals surface area contributed by atoms with Crippen molar-refractivity contribution < 1.29 is 9.90 Å². The van der Waals surface area contributed by atoms with Crippen molar-refractivity contribution in [1.82, 2.24) is 24.5 Å². The van der Waals surface area contributed by atoms with Crippen LogP contribution in [0.2, 0.25) is 0 Å². The summed E-state index contributed by atoms with van der Waals surface area (Å²) in [6, 6.07) is 10.1. The minimum atomic E-state index is -0.383. The van der Waals surface area contributed by atoms with Gasteiger partial charge in [-0.1, -0.05) is 19.9 Å². The lowest BCUT2D eigenvalue weighted by molar-refractivity contribution is 0.0964. The molecule has 1 aliphatic heterocycles. The van der Waals surface area contributed by atoms with Gasteiger partial charge in [-0.15, -0.1) is 11.3 Å². The highest BCUT2D eigenvalue weighted by Crippen LogP contribution is 2.30. The Bertz CT molecular complexity index is 1360. The van der Waals surface area contributed by atoms with E-state index in [0.29, 0.717) is 54.7 Å². The van der Waals surface area contributed by atoms with Crippen molar-refractivity contribution in [2.75, 3.05) is 31.1 Å². The summed E-state index contributed by atoms with van der Waals surface area (Å²) >= 11 is 1.64. The summed E-state index contributed by atoms with van der Waals surface area (Å²) in [5.41, 5.74) is 3.67. The van der Waals surface area contributed by atoms with Crippen molar-refractivity contribution in [3.8, 4) is 21.8 Å². The molecule has 8 nitrogen and oxygen atoms in total. The fraction of sp³-hybridized carbons (Fsp3) is 0.429. The molecule has 0 radical (unpaired) electrons. The highest BCUT2D eigenvalue weighted by atomic mass is 32.1. The largest absolute Gasteiger partial charge is 0.391 e. The third kappa shape index (κ3) is 5.44. The van der Waals surface area contributed by atoms with E-state index in [1.165, 1.54) is 0 Å². The number of aliphatic hydroxyl groups is 1. The van der Waals surface area contributed by atoms with Crippen molar-refractivity contribution in [2.45, 2.75) is 52.2 Å². The fourth-order valence-corrected chi connectivity index (χ4v) is 5.75. The summed E-state index contributed by atoms with van der Waals surface area (Å²) in [6.07, 6.45) is 5.26. The van der Waals surface area contributed by atoms with Crippen molar-refractivity contribution in [3.63, 3.8) is 0 Å². The lowest BCUT2D eigenvalue weighted by Gasteiger charge is -2.26. The van der Waals surface area contributed by atoms with Gasteiger partial charge in [0.25, 0.3) is 0 Å². The molecule has 1 aliphatic rings. The van der Waals surface area contributed by atoms with Crippen LogP contribution in [-0.4, -0.2) is 73.7 Å². The molecule has 0 saturated carbocycles. The second-order valence-electron chi connectivity index (χ2n) is 9.64. The number of Topliss-reactive ketones (excluding diaryl/α,β-unsaturated/α-hetero) is 1. The predicted molar refractivity (Wildman–Crippen MR) is 148 cm³/mol. The maximum atomic E-state index is 13.4. The summed E-state index contributed by atoms with van der Waals surface area (Å²) in [6.45, 7) is 9.66. The molecular formula is C28H34N6O2S. The van der Waals surface area contributed by atoms with Gasteiger partial charge in [-0.25, -0.2) is 14.5 Å². The summed E-state index contributed by atoms with van der Waals surface area (Å²) < 4.78 is 1.74. The Morgan fingerprint density at radius 1 is 1.22 bits per heavy atom. The van der Waals surface area contributed by atoms with E-state index in [2.05, 4.69) is 35.7 Å². The maximum absolute atomic E-state index is 13.4. The molecule has 4 aromatic heterocycles. The highest BCUT2D eigenvalue weighted by molar-refractivity contribution is 7.13. The number of aromatic nitrogens is 4. The third-order valence-electron chi connectivity index (χ3n) is 7.26. The summed E-state index contributed by atoms with van der Waals surface area (Å²) in [7, 11) is 0. The first-order valence-corrected chi connectivity index (χ1v) is 14.0. The number of carbonyl (C=O) groups is 1. The molecule has 0 bridgehead atoms. The topological polar surface area (TPSA) is 86.9 Å². The normalized spacial score (nSPS) is 16.7. The van der Waals surface area contributed by atoms with Gasteiger partial charge in [0.15, 0.2) is 11.4 Å². The number of hydrogen-bond donors (Lipinski definition) is 1. The first-order chi connectivity index (χ1) is 18.0. The summed E-state index contributed by atoms with van der Waals surface area (Å²) in [4.78, 5) is 28.8. The molecule has 0 aliphatic carbocycles. The fourth-order valence-electron chi connectivity index (χ4n) is 5.05. The quantitative estimate of drug-likeness (QED) is 0.302. The van der Waals surface area contributed by atoms with Crippen molar-refractivity contribution in [3.05, 3.63) is 53.7 Å². The Morgan fingerprint density at radius 3 is 2.76 bits per heavy atom. The van der Waals surface area contributed by atoms with Crippen molar-refractivity contribution >= 4 is 28.6 Å². The first-order valence-electron chi connectivity index (χ1n) is 13.1. The average Bonchev–Trinajstić information content (AvgIpc) is 3.68. The van der Waals surface area contributed by atoms with Gasteiger partial charge in [-0.3, -0.25) is 4.79 Å². The van der Waals surface area contributed by atoms with Gasteiger partial charge in [0, 0.05) is 37.3 Å². The minimum Gasteiger partial charge on any atom is -0.391 e. The van der Waals surface area contributed by atoms with Gasteiger partial charge in [0.1, 0.15) is 5.82 Å². The Hall–Kier alpha value is -3.14. The van der Waals surface area contributed by atoms with E-state index in [-0.39, 0.29) is 11.9 Å². The Kier molecular flexibility index (Phi) is 7.64. The molecule has 9 heteroatoms. The van der Waals surface area contributed by atoms with Gasteiger partial charge in [-0.05, 0) is 62.5 Å². The second-order valence-corrected chi connectivity index (χ2v) is 10.6. The lowest BCUT2D eigenvalue weighted by Crippen LogP contribution is -2.33. The van der Waals surface area contributed by atoms with Crippen LogP contribution in [0.5, 0.6) is 0 Å². The third-order valence-corrected chi connectivity index (χ3v) is 8.16. The molecule has 194 valence electrons. The zero-order chi connectivity index (χ0) is 25.9. The van der Waals surface area contributed by atoms with Gasteiger partial charge in [0.05, 0.1) is 34.1 Å². The van der Waals surface area contributed by atoms with Gasteiger partial charge < -0.3 is 14.9 Å². The molecule has 1 fully saturated rings. The number of anilines is 1. The lowest BCUT2D eigenvalue weighted by atomic mass is 10.0. The standard InChI is InChI=1S/C28H34N6O2S/c1-4-32(5-2)19(3)8-9-25(36)20-15-24(30-27(16-20)33-12-10-21(35)18-33)22-17-29-34-13-11-23(31-28(22)34)26-7-6-14-37-26/h6-7,11,13-17,19,21,35H,4-5,8-10,12,18H2,1-3H3/t19-,21+/m0/s1. The van der Waals surface area contributed by atoms with E-state index in [9.17, 15) is 9.90 Å². The van der Waals surface area contributed by atoms with Gasteiger partial charge >= 0.3 is 0 Å². The Morgan fingerprint density at radius 2 is 2.05 bits per heavy atom. The van der Waals surface area contributed by atoms with Crippen molar-refractivity contribution in [2.24, 2.45) is 0 Å². The van der Waals surface area contributed by atoms with Crippen LogP contribution >= 0.6 is 11.3 Å². The summed E-state index contributed by atoms with van der Waals surface area (Å²) in [5.74, 6) is 0.815. The molecule has 0 amide bonds. The van der Waals surface area contributed by atoms with Crippen LogP contribution in [0.15, 0.2) is 48.1 Å². The number of thiophene rings is 1. The Labute approximate surface area is 221 Å². The highest BCUT2D eigenvalue weighted by Gasteiger charge is 2.24. The summed E-state index contributed by atoms with van der Waals surface area (Å²) in [5, 5.41) is 16.7. The monoisotopic (exact) mass is 518 g/mol. The number of pyridine rings is 1. The van der Waals surface area contributed by atoms with Crippen LogP contribution < -0.4 is 4.90 Å². The average molecular weight is 519 g/mol. The van der Waals surface area contributed by atoms with E-state index in [1.807, 2.05) is 41.9 Å². The number of ketones is 1. The number of fused-ring (bicyclic) bond motifs is 1. The number of aliphatic hydroxyl groups excluding tert-OH is 1. The minimum absolute atomic E-state index is 0.104. The molecule has 37 heavy (non-hydrogen) atoms.